The number of aromatic nitrogens is 2. The van der Waals surface area contributed by atoms with Crippen LogP contribution in [-0.4, -0.2) is 58.1 Å². The van der Waals surface area contributed by atoms with E-state index >= 15 is 0 Å². The van der Waals surface area contributed by atoms with Gasteiger partial charge in [-0.3, -0.25) is 4.99 Å². The Labute approximate surface area is 202 Å². The molecule has 2 heterocycles. The maximum absolute atomic E-state index is 12.3. The lowest BCUT2D eigenvalue weighted by molar-refractivity contribution is -0.274. The van der Waals surface area contributed by atoms with E-state index in [1.54, 1.807) is 6.20 Å². The highest BCUT2D eigenvalue weighted by atomic mass is 127. The number of hydrogen-bond acceptors (Lipinski definition) is 4. The Morgan fingerprint density at radius 3 is 2.66 bits per heavy atom. The molecule has 1 aromatic heterocycles. The van der Waals surface area contributed by atoms with Crippen molar-refractivity contribution in [2.45, 2.75) is 38.8 Å². The minimum Gasteiger partial charge on any atom is -0.406 e. The molecule has 1 saturated heterocycles. The molecule has 32 heavy (non-hydrogen) atoms. The first-order valence-corrected chi connectivity index (χ1v) is 10.3. The number of piperidine rings is 1. The van der Waals surface area contributed by atoms with E-state index in [0.29, 0.717) is 24.0 Å². The first kappa shape index (κ1) is 26.2. The number of halogens is 4. The van der Waals surface area contributed by atoms with Crippen molar-refractivity contribution in [3.05, 3.63) is 48.5 Å². The summed E-state index contributed by atoms with van der Waals surface area (Å²) in [6.07, 6.45) is 0.866. The Morgan fingerprint density at radius 2 is 2.06 bits per heavy atom. The van der Waals surface area contributed by atoms with Gasteiger partial charge in [-0.25, -0.2) is 4.98 Å². The maximum Gasteiger partial charge on any atom is 0.573 e. The molecule has 3 rings (SSSR count). The summed E-state index contributed by atoms with van der Waals surface area (Å²) in [4.78, 5) is 10.9. The third kappa shape index (κ3) is 7.26. The number of alkyl halides is 3. The lowest BCUT2D eigenvalue weighted by Crippen LogP contribution is -2.49. The van der Waals surface area contributed by atoms with E-state index in [1.807, 2.05) is 19.4 Å². The fourth-order valence-electron chi connectivity index (χ4n) is 3.69. The van der Waals surface area contributed by atoms with Gasteiger partial charge in [0.15, 0.2) is 5.96 Å². The molecular formula is C21H29F3IN5O2. The molecule has 1 aliphatic heterocycles. The lowest BCUT2D eigenvalue weighted by Gasteiger charge is -2.39. The minimum atomic E-state index is -4.74. The van der Waals surface area contributed by atoms with E-state index in [9.17, 15) is 18.3 Å². The van der Waals surface area contributed by atoms with Crippen LogP contribution in [0.25, 0.3) is 0 Å². The molecule has 0 bridgehead atoms. The van der Waals surface area contributed by atoms with Crippen molar-refractivity contribution in [1.29, 1.82) is 0 Å². The SMILES string of the molecule is CCNC(=NCC(O)c1ccc(OC(F)(F)F)cc1)N1CCC(C)C(n2ccnc2)C1.I. The molecular weight excluding hydrogens is 538 g/mol. The van der Waals surface area contributed by atoms with Crippen LogP contribution < -0.4 is 10.1 Å². The highest BCUT2D eigenvalue weighted by molar-refractivity contribution is 14.0. The minimum absolute atomic E-state index is 0. The second-order valence-corrected chi connectivity index (χ2v) is 7.62. The quantitative estimate of drug-likeness (QED) is 0.314. The molecule has 0 amide bonds. The van der Waals surface area contributed by atoms with Crippen LogP contribution in [0.2, 0.25) is 0 Å². The van der Waals surface area contributed by atoms with Crippen molar-refractivity contribution in [2.24, 2.45) is 10.9 Å². The predicted molar refractivity (Wildman–Crippen MR) is 126 cm³/mol. The summed E-state index contributed by atoms with van der Waals surface area (Å²) in [7, 11) is 0. The number of likely N-dealkylation sites (tertiary alicyclic amines) is 1. The normalized spacial score (nSPS) is 20.4. The number of rotatable bonds is 6. The van der Waals surface area contributed by atoms with Crippen LogP contribution in [0.1, 0.15) is 38.0 Å². The summed E-state index contributed by atoms with van der Waals surface area (Å²) in [6.45, 7) is 6.58. The molecule has 1 aliphatic rings. The van der Waals surface area contributed by atoms with Crippen molar-refractivity contribution >= 4 is 29.9 Å². The van der Waals surface area contributed by atoms with Crippen LogP contribution in [0.5, 0.6) is 5.75 Å². The lowest BCUT2D eigenvalue weighted by atomic mass is 9.93. The number of nitrogens with one attached hydrogen (secondary N) is 1. The molecule has 0 radical (unpaired) electrons. The highest BCUT2D eigenvalue weighted by Gasteiger charge is 2.31. The van der Waals surface area contributed by atoms with Gasteiger partial charge in [0.2, 0.25) is 0 Å². The van der Waals surface area contributed by atoms with Gasteiger partial charge in [0.1, 0.15) is 5.75 Å². The van der Waals surface area contributed by atoms with E-state index in [2.05, 4.69) is 36.4 Å². The molecule has 11 heteroatoms. The first-order chi connectivity index (χ1) is 14.8. The smallest absolute Gasteiger partial charge is 0.406 e. The van der Waals surface area contributed by atoms with E-state index in [4.69, 9.17) is 0 Å². The average Bonchev–Trinajstić information content (AvgIpc) is 3.25. The zero-order valence-corrected chi connectivity index (χ0v) is 20.3. The number of nitrogens with zero attached hydrogens (tertiary/aromatic N) is 4. The van der Waals surface area contributed by atoms with Gasteiger partial charge in [-0.05, 0) is 37.0 Å². The summed E-state index contributed by atoms with van der Waals surface area (Å²) in [5.74, 6) is 0.875. The Kier molecular flexibility index (Phi) is 9.62. The topological polar surface area (TPSA) is 74.9 Å². The molecule has 0 aliphatic carbocycles. The van der Waals surface area contributed by atoms with Gasteiger partial charge in [-0.2, -0.15) is 0 Å². The summed E-state index contributed by atoms with van der Waals surface area (Å²) in [5, 5.41) is 13.7. The summed E-state index contributed by atoms with van der Waals surface area (Å²) < 4.78 is 42.9. The van der Waals surface area contributed by atoms with Gasteiger partial charge in [-0.1, -0.05) is 19.1 Å². The van der Waals surface area contributed by atoms with Gasteiger partial charge >= 0.3 is 6.36 Å². The first-order valence-electron chi connectivity index (χ1n) is 10.3. The highest BCUT2D eigenvalue weighted by Crippen LogP contribution is 2.28. The number of aliphatic hydroxyl groups excluding tert-OH is 1. The monoisotopic (exact) mass is 567 g/mol. The van der Waals surface area contributed by atoms with Crippen LogP contribution in [-0.2, 0) is 0 Å². The zero-order chi connectivity index (χ0) is 22.4. The molecule has 3 unspecified atom stereocenters. The largest absolute Gasteiger partial charge is 0.573 e. The Bertz CT molecular complexity index is 846. The van der Waals surface area contributed by atoms with E-state index in [-0.39, 0.29) is 42.3 Å². The van der Waals surface area contributed by atoms with Gasteiger partial charge in [0.05, 0.1) is 25.0 Å². The van der Waals surface area contributed by atoms with Gasteiger partial charge in [-0.15, -0.1) is 37.1 Å². The van der Waals surface area contributed by atoms with Crippen LogP contribution in [0.4, 0.5) is 13.2 Å². The van der Waals surface area contributed by atoms with Crippen LogP contribution in [0.15, 0.2) is 48.0 Å². The molecule has 0 saturated carbocycles. The zero-order valence-electron chi connectivity index (χ0n) is 18.0. The van der Waals surface area contributed by atoms with E-state index < -0.39 is 12.5 Å². The number of aliphatic imine (C=N–C) groups is 1. The maximum atomic E-state index is 12.3. The molecule has 2 aromatic rings. The summed E-state index contributed by atoms with van der Waals surface area (Å²) in [5.41, 5.74) is 0.470. The fourth-order valence-corrected chi connectivity index (χ4v) is 3.69. The number of guanidine groups is 1. The second kappa shape index (κ2) is 11.7. The Morgan fingerprint density at radius 1 is 1.34 bits per heavy atom. The number of benzene rings is 1. The van der Waals surface area contributed by atoms with Crippen molar-refractivity contribution in [3.8, 4) is 5.75 Å². The molecule has 2 N–H and O–H groups in total. The third-order valence-electron chi connectivity index (χ3n) is 5.37. The second-order valence-electron chi connectivity index (χ2n) is 7.62. The van der Waals surface area contributed by atoms with Crippen LogP contribution in [0, 0.1) is 5.92 Å². The van der Waals surface area contributed by atoms with E-state index in [1.165, 1.54) is 24.3 Å². The van der Waals surface area contributed by atoms with Crippen molar-refractivity contribution in [3.63, 3.8) is 0 Å². The third-order valence-corrected chi connectivity index (χ3v) is 5.37. The Hall–Kier alpha value is -2.02. The number of imidazole rings is 1. The summed E-state index contributed by atoms with van der Waals surface area (Å²) >= 11 is 0. The summed E-state index contributed by atoms with van der Waals surface area (Å²) in [6, 6.07) is 5.45. The molecule has 3 atom stereocenters. The molecule has 178 valence electrons. The van der Waals surface area contributed by atoms with Crippen LogP contribution in [0.3, 0.4) is 0 Å². The van der Waals surface area contributed by atoms with Crippen molar-refractivity contribution in [2.75, 3.05) is 26.2 Å². The van der Waals surface area contributed by atoms with Crippen molar-refractivity contribution < 1.29 is 23.0 Å². The standard InChI is InChI=1S/C21H28F3N5O2.HI/c1-3-26-20(28-10-8-15(2)18(13-28)29-11-9-25-14-29)27-12-19(30)16-4-6-17(7-5-16)31-21(22,23)24;/h4-7,9,11,14-15,18-19,30H,3,8,10,12-13H2,1-2H3,(H,26,27);1H. The van der Waals surface area contributed by atoms with Crippen molar-refractivity contribution in [1.82, 2.24) is 19.8 Å². The van der Waals surface area contributed by atoms with Gasteiger partial charge in [0.25, 0.3) is 0 Å². The van der Waals surface area contributed by atoms with E-state index in [0.717, 1.165) is 19.5 Å². The number of aliphatic hydroxyl groups is 1. The fraction of sp³-hybridized carbons (Fsp3) is 0.524. The molecule has 0 spiro atoms. The predicted octanol–water partition coefficient (Wildman–Crippen LogP) is 3.98. The molecule has 1 fully saturated rings. The molecule has 7 nitrogen and oxygen atoms in total. The number of ether oxygens (including phenoxy) is 1. The number of hydrogen-bond donors (Lipinski definition) is 2. The molecule has 1 aromatic carbocycles. The Balaban J connectivity index is 0.00000363. The van der Waals surface area contributed by atoms with Gasteiger partial charge in [0, 0.05) is 32.0 Å². The van der Waals surface area contributed by atoms with Gasteiger partial charge < -0.3 is 24.6 Å². The van der Waals surface area contributed by atoms with Crippen LogP contribution >= 0.6 is 24.0 Å². The average molecular weight is 567 g/mol.